The molecule has 0 amide bonds. The van der Waals surface area contributed by atoms with E-state index in [4.69, 9.17) is 23.4 Å². The Bertz CT molecular complexity index is 1410. The number of aliphatic hydroxyl groups is 6. The number of aromatic hydroxyl groups is 2. The van der Waals surface area contributed by atoms with E-state index in [9.17, 15) is 45.6 Å². The molecule has 8 atom stereocenters. The maximum Gasteiger partial charge on any atom is 0.229 e. The molecule has 0 radical (unpaired) electrons. The third-order valence-electron chi connectivity index (χ3n) is 6.88. The van der Waals surface area contributed by atoms with Crippen LogP contribution in [0, 0.1) is 0 Å². The molecule has 0 aliphatic carbocycles. The minimum atomic E-state index is -2.04. The summed E-state index contributed by atoms with van der Waals surface area (Å²) in [5.41, 5.74) is -2.22. The van der Waals surface area contributed by atoms with E-state index in [1.54, 1.807) is 0 Å². The Hall–Kier alpha value is -3.31. The van der Waals surface area contributed by atoms with Crippen LogP contribution in [0.25, 0.3) is 22.3 Å². The molecule has 2 aliphatic heterocycles. The van der Waals surface area contributed by atoms with Crippen molar-refractivity contribution in [2.75, 3.05) is 19.8 Å². The zero-order chi connectivity index (χ0) is 28.8. The van der Waals surface area contributed by atoms with Crippen LogP contribution in [0.15, 0.2) is 51.7 Å². The Labute approximate surface area is 225 Å². The largest absolute Gasteiger partial charge is 0.508 e. The molecule has 2 saturated heterocycles. The zero-order valence-electron chi connectivity index (χ0n) is 20.7. The maximum absolute atomic E-state index is 12.8. The third-order valence-corrected chi connectivity index (χ3v) is 6.88. The molecular weight excluding hydrogens is 536 g/mol. The van der Waals surface area contributed by atoms with Crippen molar-refractivity contribution in [2.45, 2.75) is 48.7 Å². The van der Waals surface area contributed by atoms with Crippen LogP contribution in [0.3, 0.4) is 0 Å². The molecular formula is C26H28O14. The van der Waals surface area contributed by atoms with Crippen LogP contribution in [0.5, 0.6) is 17.2 Å². The van der Waals surface area contributed by atoms with Crippen molar-refractivity contribution in [1.29, 1.82) is 0 Å². The van der Waals surface area contributed by atoms with Crippen molar-refractivity contribution in [2.24, 2.45) is 0 Å². The second-order valence-corrected chi connectivity index (χ2v) is 9.65. The van der Waals surface area contributed by atoms with Crippen LogP contribution in [-0.4, -0.2) is 109 Å². The van der Waals surface area contributed by atoms with Gasteiger partial charge in [-0.3, -0.25) is 4.79 Å². The zero-order valence-corrected chi connectivity index (χ0v) is 20.7. The second-order valence-electron chi connectivity index (χ2n) is 9.65. The van der Waals surface area contributed by atoms with Gasteiger partial charge in [-0.1, -0.05) is 0 Å². The first-order chi connectivity index (χ1) is 19.0. The molecule has 0 unspecified atom stereocenters. The van der Waals surface area contributed by atoms with E-state index in [1.165, 1.54) is 36.4 Å². The monoisotopic (exact) mass is 564 g/mol. The Morgan fingerprint density at radius 2 is 1.70 bits per heavy atom. The summed E-state index contributed by atoms with van der Waals surface area (Å²) in [7, 11) is 0. The topological polar surface area (TPSA) is 229 Å². The average molecular weight is 564 g/mol. The van der Waals surface area contributed by atoms with Crippen molar-refractivity contribution >= 4 is 11.0 Å². The molecule has 14 nitrogen and oxygen atoms in total. The summed E-state index contributed by atoms with van der Waals surface area (Å²) < 4.78 is 28.0. The maximum atomic E-state index is 12.8. The van der Waals surface area contributed by atoms with Crippen LogP contribution >= 0.6 is 0 Å². The van der Waals surface area contributed by atoms with Crippen LogP contribution in [0.2, 0.25) is 0 Å². The first-order valence-corrected chi connectivity index (χ1v) is 12.2. The van der Waals surface area contributed by atoms with E-state index in [2.05, 4.69) is 0 Å². The fraction of sp³-hybridized carbons (Fsp3) is 0.423. The van der Waals surface area contributed by atoms with Crippen LogP contribution < -0.4 is 10.2 Å². The summed E-state index contributed by atoms with van der Waals surface area (Å²) in [5.74, 6) is -0.496. The standard InChI is InChI=1S/C26H28O14/c27-8-18-20(32)21(33)22(40-25-23(34)26(35,9-28)10-36-25)24(39-18)37-13-5-14(30)19-15(31)7-16(38-17(19)6-13)11-1-3-12(29)4-2-11/h1-7,18,20-25,27-30,32-35H,8-10H2/t18-,20-,21+,22-,23+,24-,25-,26-/m0/s1. The van der Waals surface area contributed by atoms with E-state index in [0.29, 0.717) is 5.56 Å². The highest BCUT2D eigenvalue weighted by Crippen LogP contribution is 2.35. The molecule has 8 N–H and O–H groups in total. The summed E-state index contributed by atoms with van der Waals surface area (Å²) in [4.78, 5) is 12.8. The lowest BCUT2D eigenvalue weighted by Gasteiger charge is -2.42. The number of benzene rings is 2. The molecule has 0 spiro atoms. The van der Waals surface area contributed by atoms with E-state index in [-0.39, 0.29) is 28.2 Å². The predicted octanol–water partition coefficient (Wildman–Crippen LogP) is -1.49. The normalized spacial score (nSPS) is 32.4. The lowest BCUT2D eigenvalue weighted by atomic mass is 9.98. The number of ether oxygens (including phenoxy) is 4. The van der Waals surface area contributed by atoms with Crippen molar-refractivity contribution < 1.29 is 64.2 Å². The minimum Gasteiger partial charge on any atom is -0.508 e. The highest BCUT2D eigenvalue weighted by Gasteiger charge is 2.53. The molecule has 0 bridgehead atoms. The van der Waals surface area contributed by atoms with Gasteiger partial charge in [-0.15, -0.1) is 0 Å². The Balaban J connectivity index is 1.47. The summed E-state index contributed by atoms with van der Waals surface area (Å²) >= 11 is 0. The van der Waals surface area contributed by atoms with Gasteiger partial charge >= 0.3 is 0 Å². The minimum absolute atomic E-state index is 0.00882. The highest BCUT2D eigenvalue weighted by molar-refractivity contribution is 5.86. The molecule has 216 valence electrons. The van der Waals surface area contributed by atoms with Gasteiger partial charge < -0.3 is 64.2 Å². The fourth-order valence-corrected chi connectivity index (χ4v) is 4.57. The number of phenols is 2. The lowest BCUT2D eigenvalue weighted by molar-refractivity contribution is -0.318. The van der Waals surface area contributed by atoms with Crippen LogP contribution in [0.4, 0.5) is 0 Å². The summed E-state index contributed by atoms with van der Waals surface area (Å²) in [6.45, 7) is -2.06. The smallest absolute Gasteiger partial charge is 0.229 e. The number of rotatable bonds is 7. The number of aliphatic hydroxyl groups excluding tert-OH is 5. The van der Waals surface area contributed by atoms with Gasteiger partial charge in [-0.25, -0.2) is 0 Å². The molecule has 1 aromatic heterocycles. The molecule has 3 aromatic rings. The summed E-state index contributed by atoms with van der Waals surface area (Å²) in [6, 6.07) is 9.37. The van der Waals surface area contributed by atoms with Crippen molar-refractivity contribution in [3.05, 3.63) is 52.7 Å². The Kier molecular flexibility index (Phi) is 7.71. The van der Waals surface area contributed by atoms with E-state index in [0.717, 1.165) is 6.07 Å². The van der Waals surface area contributed by atoms with Gasteiger partial charge in [0.05, 0.1) is 19.8 Å². The van der Waals surface area contributed by atoms with Gasteiger partial charge in [0.15, 0.2) is 17.8 Å². The lowest BCUT2D eigenvalue weighted by Crippen LogP contribution is -2.62. The molecule has 0 saturated carbocycles. The van der Waals surface area contributed by atoms with Gasteiger partial charge in [0.25, 0.3) is 0 Å². The Morgan fingerprint density at radius 1 is 0.975 bits per heavy atom. The van der Waals surface area contributed by atoms with Gasteiger partial charge in [-0.2, -0.15) is 0 Å². The van der Waals surface area contributed by atoms with Gasteiger partial charge in [0.2, 0.25) is 6.29 Å². The van der Waals surface area contributed by atoms with Gasteiger partial charge in [-0.05, 0) is 24.3 Å². The molecule has 2 aliphatic rings. The number of hydrogen-bond donors (Lipinski definition) is 8. The van der Waals surface area contributed by atoms with Crippen molar-refractivity contribution in [3.63, 3.8) is 0 Å². The van der Waals surface area contributed by atoms with E-state index < -0.39 is 79.7 Å². The first kappa shape index (κ1) is 28.2. The SMILES string of the molecule is O=c1cc(-c2ccc(O)cc2)oc2cc(O[C@H]3O[C@@H](CO)[C@H](O)[C@@H](O)[C@@H]3O[C@@H]3OC[C@@](O)(CO)[C@@H]3O)cc(O)c12. The second kappa shape index (κ2) is 10.9. The van der Waals surface area contributed by atoms with Crippen molar-refractivity contribution in [1.82, 2.24) is 0 Å². The molecule has 3 heterocycles. The van der Waals surface area contributed by atoms with E-state index in [1.807, 2.05) is 0 Å². The molecule has 14 heteroatoms. The number of phenolic OH excluding ortho intramolecular Hbond substituents is 2. The highest BCUT2D eigenvalue weighted by atomic mass is 16.8. The van der Waals surface area contributed by atoms with Crippen LogP contribution in [-0.2, 0) is 14.2 Å². The predicted molar refractivity (Wildman–Crippen MR) is 132 cm³/mol. The van der Waals surface area contributed by atoms with Gasteiger partial charge in [0, 0.05) is 23.8 Å². The molecule has 5 rings (SSSR count). The average Bonchev–Trinajstić information content (AvgIpc) is 3.21. The summed E-state index contributed by atoms with van der Waals surface area (Å²) in [5, 5.41) is 80.7. The van der Waals surface area contributed by atoms with E-state index >= 15 is 0 Å². The number of hydrogen-bond acceptors (Lipinski definition) is 14. The number of fused-ring (bicyclic) bond motifs is 1. The quantitative estimate of drug-likeness (QED) is 0.164. The molecule has 2 fully saturated rings. The molecule has 2 aromatic carbocycles. The summed E-state index contributed by atoms with van der Waals surface area (Å²) in [6.07, 6.45) is -11.2. The molecule has 40 heavy (non-hydrogen) atoms. The van der Waals surface area contributed by atoms with Gasteiger partial charge in [0.1, 0.15) is 64.0 Å². The third kappa shape index (κ3) is 5.12. The van der Waals surface area contributed by atoms with Crippen LogP contribution in [0.1, 0.15) is 0 Å². The first-order valence-electron chi connectivity index (χ1n) is 12.2. The van der Waals surface area contributed by atoms with Crippen molar-refractivity contribution in [3.8, 4) is 28.6 Å². The Morgan fingerprint density at radius 3 is 2.35 bits per heavy atom. The fourth-order valence-electron chi connectivity index (χ4n) is 4.57.